The zero-order valence-electron chi connectivity index (χ0n) is 14.9. The van der Waals surface area contributed by atoms with Crippen LogP contribution in [-0.4, -0.2) is 4.57 Å². The quantitative estimate of drug-likeness (QED) is 0.472. The summed E-state index contributed by atoms with van der Waals surface area (Å²) in [5, 5.41) is 14.8. The molecule has 0 atom stereocenters. The maximum atomic E-state index is 9.50. The molecule has 0 aliphatic carbocycles. The topological polar surface area (TPSA) is 40.8 Å². The lowest BCUT2D eigenvalue weighted by atomic mass is 10.1. The van der Waals surface area contributed by atoms with Crippen LogP contribution in [0.25, 0.3) is 16.6 Å². The Labute approximate surface area is 163 Å². The SMILES string of the molecule is Cc1cccc(Cl)c1CNc1ccc(-n2c(C#N)cc3ccccc32)cc1. The van der Waals surface area contributed by atoms with Crippen LogP contribution in [0.3, 0.4) is 0 Å². The van der Waals surface area contributed by atoms with Crippen LogP contribution in [0.1, 0.15) is 16.8 Å². The van der Waals surface area contributed by atoms with Gasteiger partial charge in [0.05, 0.1) is 5.52 Å². The Hall–Kier alpha value is -3.22. The van der Waals surface area contributed by atoms with E-state index < -0.39 is 0 Å². The van der Waals surface area contributed by atoms with Gasteiger partial charge in [-0.05, 0) is 60.5 Å². The summed E-state index contributed by atoms with van der Waals surface area (Å²) in [5.41, 5.74) is 5.90. The van der Waals surface area contributed by atoms with E-state index in [-0.39, 0.29) is 0 Å². The molecule has 4 rings (SSSR count). The molecule has 0 saturated carbocycles. The zero-order valence-corrected chi connectivity index (χ0v) is 15.7. The van der Waals surface area contributed by atoms with Crippen LogP contribution in [0.2, 0.25) is 5.02 Å². The van der Waals surface area contributed by atoms with Crippen LogP contribution in [0.5, 0.6) is 0 Å². The molecule has 27 heavy (non-hydrogen) atoms. The zero-order chi connectivity index (χ0) is 18.8. The van der Waals surface area contributed by atoms with Gasteiger partial charge < -0.3 is 9.88 Å². The fourth-order valence-corrected chi connectivity index (χ4v) is 3.61. The Kier molecular flexibility index (Phi) is 4.58. The highest BCUT2D eigenvalue weighted by Crippen LogP contribution is 2.26. The van der Waals surface area contributed by atoms with Crippen LogP contribution < -0.4 is 5.32 Å². The molecule has 0 spiro atoms. The second-order valence-electron chi connectivity index (χ2n) is 6.47. The molecule has 0 radical (unpaired) electrons. The van der Waals surface area contributed by atoms with Gasteiger partial charge >= 0.3 is 0 Å². The number of aryl methyl sites for hydroxylation is 1. The van der Waals surface area contributed by atoms with E-state index in [1.807, 2.05) is 71.3 Å². The average Bonchev–Trinajstić information content (AvgIpc) is 3.07. The molecule has 3 nitrogen and oxygen atoms in total. The highest BCUT2D eigenvalue weighted by molar-refractivity contribution is 6.31. The lowest BCUT2D eigenvalue weighted by Gasteiger charge is -2.12. The number of hydrogen-bond donors (Lipinski definition) is 1. The number of rotatable bonds is 4. The number of para-hydroxylation sites is 1. The molecule has 4 heteroatoms. The number of anilines is 1. The Bertz CT molecular complexity index is 1130. The maximum absolute atomic E-state index is 9.50. The molecule has 3 aromatic carbocycles. The van der Waals surface area contributed by atoms with Crippen molar-refractivity contribution in [1.29, 1.82) is 5.26 Å². The molecule has 1 aromatic heterocycles. The number of fused-ring (bicyclic) bond motifs is 1. The predicted molar refractivity (Wildman–Crippen MR) is 112 cm³/mol. The van der Waals surface area contributed by atoms with E-state index in [0.29, 0.717) is 12.2 Å². The first-order valence-corrected chi connectivity index (χ1v) is 9.14. The minimum Gasteiger partial charge on any atom is -0.381 e. The number of nitrogens with zero attached hydrogens (tertiary/aromatic N) is 2. The van der Waals surface area contributed by atoms with Crippen LogP contribution >= 0.6 is 11.6 Å². The minimum atomic E-state index is 0.628. The average molecular weight is 372 g/mol. The third-order valence-corrected chi connectivity index (χ3v) is 5.13. The first kappa shape index (κ1) is 17.2. The molecule has 0 aliphatic heterocycles. The normalized spacial score (nSPS) is 10.7. The van der Waals surface area contributed by atoms with Crippen molar-refractivity contribution in [2.45, 2.75) is 13.5 Å². The summed E-state index contributed by atoms with van der Waals surface area (Å²) in [6, 6.07) is 26.3. The predicted octanol–water partition coefficient (Wildman–Crippen LogP) is 6.08. The Morgan fingerprint density at radius 2 is 1.78 bits per heavy atom. The van der Waals surface area contributed by atoms with Crippen LogP contribution in [0.15, 0.2) is 72.8 Å². The number of nitriles is 1. The summed E-state index contributed by atoms with van der Waals surface area (Å²) in [5.74, 6) is 0. The number of halogens is 1. The highest BCUT2D eigenvalue weighted by Gasteiger charge is 2.10. The van der Waals surface area contributed by atoms with Gasteiger partial charge in [-0.3, -0.25) is 0 Å². The Morgan fingerprint density at radius 1 is 1.00 bits per heavy atom. The maximum Gasteiger partial charge on any atom is 0.125 e. The molecule has 0 fully saturated rings. The van der Waals surface area contributed by atoms with Gasteiger partial charge in [0, 0.05) is 28.3 Å². The molecule has 1 N–H and O–H groups in total. The van der Waals surface area contributed by atoms with Crippen LogP contribution in [-0.2, 0) is 6.54 Å². The molecule has 0 amide bonds. The number of nitrogens with one attached hydrogen (secondary N) is 1. The van der Waals surface area contributed by atoms with Gasteiger partial charge in [0.1, 0.15) is 11.8 Å². The van der Waals surface area contributed by atoms with E-state index in [1.165, 1.54) is 5.56 Å². The van der Waals surface area contributed by atoms with E-state index in [4.69, 9.17) is 11.6 Å². The summed E-state index contributed by atoms with van der Waals surface area (Å²) in [4.78, 5) is 0. The first-order valence-electron chi connectivity index (χ1n) is 8.76. The van der Waals surface area contributed by atoms with Crippen molar-refractivity contribution in [3.63, 3.8) is 0 Å². The summed E-state index contributed by atoms with van der Waals surface area (Å²) >= 11 is 6.30. The van der Waals surface area contributed by atoms with Crippen molar-refractivity contribution in [3.05, 3.63) is 94.6 Å². The fourth-order valence-electron chi connectivity index (χ4n) is 3.32. The van der Waals surface area contributed by atoms with Crippen molar-refractivity contribution in [1.82, 2.24) is 4.57 Å². The molecular formula is C23H18ClN3. The Morgan fingerprint density at radius 3 is 2.52 bits per heavy atom. The van der Waals surface area contributed by atoms with Crippen molar-refractivity contribution in [2.75, 3.05) is 5.32 Å². The second-order valence-corrected chi connectivity index (χ2v) is 6.88. The van der Waals surface area contributed by atoms with Gasteiger partial charge in [0.15, 0.2) is 0 Å². The number of hydrogen-bond acceptors (Lipinski definition) is 2. The molecular weight excluding hydrogens is 354 g/mol. The molecule has 132 valence electrons. The van der Waals surface area contributed by atoms with Gasteiger partial charge in [0.25, 0.3) is 0 Å². The molecule has 0 bridgehead atoms. The summed E-state index contributed by atoms with van der Waals surface area (Å²) in [6.45, 7) is 2.73. The lowest BCUT2D eigenvalue weighted by molar-refractivity contribution is 1.09. The minimum absolute atomic E-state index is 0.628. The second kappa shape index (κ2) is 7.19. The third-order valence-electron chi connectivity index (χ3n) is 4.77. The highest BCUT2D eigenvalue weighted by atomic mass is 35.5. The van der Waals surface area contributed by atoms with Gasteiger partial charge in [-0.25, -0.2) is 0 Å². The molecule has 4 aromatic rings. The monoisotopic (exact) mass is 371 g/mol. The van der Waals surface area contributed by atoms with E-state index in [0.717, 1.165) is 32.9 Å². The van der Waals surface area contributed by atoms with Crippen molar-refractivity contribution >= 4 is 28.2 Å². The molecule has 1 heterocycles. The Balaban J connectivity index is 1.61. The van der Waals surface area contributed by atoms with Crippen LogP contribution in [0, 0.1) is 18.3 Å². The molecule has 0 saturated heterocycles. The third kappa shape index (κ3) is 3.28. The molecule has 0 unspecified atom stereocenters. The first-order chi connectivity index (χ1) is 13.2. The number of aromatic nitrogens is 1. The summed E-state index contributed by atoms with van der Waals surface area (Å²) in [6.07, 6.45) is 0. The van der Waals surface area contributed by atoms with Crippen molar-refractivity contribution in [3.8, 4) is 11.8 Å². The summed E-state index contributed by atoms with van der Waals surface area (Å²) < 4.78 is 1.98. The van der Waals surface area contributed by atoms with Gasteiger partial charge in [0.2, 0.25) is 0 Å². The van der Waals surface area contributed by atoms with Crippen molar-refractivity contribution < 1.29 is 0 Å². The van der Waals surface area contributed by atoms with E-state index >= 15 is 0 Å². The standard InChI is InChI=1S/C23H18ClN3/c1-16-5-4-7-22(24)21(16)15-26-18-9-11-19(12-10-18)27-20(14-25)13-17-6-2-3-8-23(17)27/h2-13,26H,15H2,1H3. The summed E-state index contributed by atoms with van der Waals surface area (Å²) in [7, 11) is 0. The van der Waals surface area contributed by atoms with Crippen LogP contribution in [0.4, 0.5) is 5.69 Å². The van der Waals surface area contributed by atoms with Crippen molar-refractivity contribution in [2.24, 2.45) is 0 Å². The smallest absolute Gasteiger partial charge is 0.125 e. The van der Waals surface area contributed by atoms with Gasteiger partial charge in [-0.1, -0.05) is 41.9 Å². The van der Waals surface area contributed by atoms with Gasteiger partial charge in [-0.15, -0.1) is 0 Å². The largest absolute Gasteiger partial charge is 0.381 e. The fraction of sp³-hybridized carbons (Fsp3) is 0.0870. The van der Waals surface area contributed by atoms with E-state index in [1.54, 1.807) is 0 Å². The van der Waals surface area contributed by atoms with Gasteiger partial charge in [-0.2, -0.15) is 5.26 Å². The molecule has 0 aliphatic rings. The lowest BCUT2D eigenvalue weighted by Crippen LogP contribution is -2.03. The van der Waals surface area contributed by atoms with E-state index in [2.05, 4.69) is 24.4 Å². The number of benzene rings is 3. The van der Waals surface area contributed by atoms with E-state index in [9.17, 15) is 5.26 Å².